The summed E-state index contributed by atoms with van der Waals surface area (Å²) in [6.07, 6.45) is 7.89. The van der Waals surface area contributed by atoms with Crippen molar-refractivity contribution in [1.82, 2.24) is 0 Å². The minimum absolute atomic E-state index is 0.113. The van der Waals surface area contributed by atoms with E-state index in [2.05, 4.69) is 27.4 Å². The van der Waals surface area contributed by atoms with Crippen LogP contribution in [-0.4, -0.2) is 30.5 Å². The van der Waals surface area contributed by atoms with E-state index in [1.807, 2.05) is 6.92 Å². The molecule has 0 aliphatic rings. The summed E-state index contributed by atoms with van der Waals surface area (Å²) in [7, 11) is 0. The molecule has 0 N–H and O–H groups in total. The second-order valence-corrected chi connectivity index (χ2v) is 20.7. The SMILES string of the molecule is C=C([CH2][Sn]([CH2]CCC)([CH2]CCC)[CH2]CCC)[C@H](C)OC(C)=O. The molecule has 0 aromatic carbocycles. The molecule has 0 bridgehead atoms. The van der Waals surface area contributed by atoms with E-state index in [1.54, 1.807) is 0 Å². The molecule has 0 rings (SSSR count). The molecule has 130 valence electrons. The van der Waals surface area contributed by atoms with Crippen molar-refractivity contribution >= 4 is 24.3 Å². The van der Waals surface area contributed by atoms with E-state index in [1.165, 1.54) is 68.8 Å². The molecule has 0 saturated heterocycles. The van der Waals surface area contributed by atoms with Crippen LogP contribution in [0.2, 0.25) is 17.7 Å². The summed E-state index contributed by atoms with van der Waals surface area (Å²) in [6.45, 7) is 14.7. The Kier molecular flexibility index (Phi) is 12.4. The van der Waals surface area contributed by atoms with Crippen molar-refractivity contribution in [2.75, 3.05) is 0 Å². The molecule has 22 heavy (non-hydrogen) atoms. The van der Waals surface area contributed by atoms with Crippen LogP contribution in [0.15, 0.2) is 12.2 Å². The van der Waals surface area contributed by atoms with Crippen molar-refractivity contribution in [3.05, 3.63) is 12.2 Å². The van der Waals surface area contributed by atoms with Crippen LogP contribution in [-0.2, 0) is 9.53 Å². The van der Waals surface area contributed by atoms with Gasteiger partial charge in [0, 0.05) is 0 Å². The van der Waals surface area contributed by atoms with Gasteiger partial charge >= 0.3 is 143 Å². The molecular weight excluding hydrogens is 379 g/mol. The summed E-state index contributed by atoms with van der Waals surface area (Å²) in [5.74, 6) is -0.190. The Balaban J connectivity index is 4.97. The van der Waals surface area contributed by atoms with E-state index < -0.39 is 18.4 Å². The Morgan fingerprint density at radius 3 is 1.73 bits per heavy atom. The van der Waals surface area contributed by atoms with Crippen LogP contribution < -0.4 is 0 Å². The first-order chi connectivity index (χ1) is 10.4. The van der Waals surface area contributed by atoms with Crippen LogP contribution in [0.5, 0.6) is 0 Å². The van der Waals surface area contributed by atoms with Crippen LogP contribution >= 0.6 is 0 Å². The number of hydrogen-bond acceptors (Lipinski definition) is 2. The van der Waals surface area contributed by atoms with Crippen molar-refractivity contribution in [1.29, 1.82) is 0 Å². The van der Waals surface area contributed by atoms with Gasteiger partial charge in [0.15, 0.2) is 0 Å². The average Bonchev–Trinajstić information content (AvgIpc) is 2.47. The minimum atomic E-state index is -2.19. The molecule has 0 aromatic heterocycles. The fraction of sp³-hybridized carbons (Fsp3) is 0.842. The fourth-order valence-corrected chi connectivity index (χ4v) is 19.9. The molecule has 0 unspecified atom stereocenters. The molecule has 0 aliphatic carbocycles. The third-order valence-corrected chi connectivity index (χ3v) is 20.2. The molecule has 0 aliphatic heterocycles. The van der Waals surface area contributed by atoms with Gasteiger partial charge in [0.25, 0.3) is 0 Å². The van der Waals surface area contributed by atoms with E-state index in [0.29, 0.717) is 0 Å². The van der Waals surface area contributed by atoms with Gasteiger partial charge in [-0.15, -0.1) is 0 Å². The Morgan fingerprint density at radius 1 is 1.00 bits per heavy atom. The molecule has 1 atom stereocenters. The maximum absolute atomic E-state index is 11.2. The molecule has 2 nitrogen and oxygen atoms in total. The van der Waals surface area contributed by atoms with Crippen LogP contribution in [0.4, 0.5) is 0 Å². The van der Waals surface area contributed by atoms with Crippen LogP contribution in [0, 0.1) is 0 Å². The Labute approximate surface area is 143 Å². The van der Waals surface area contributed by atoms with Gasteiger partial charge in [-0.2, -0.15) is 0 Å². The van der Waals surface area contributed by atoms with Crippen LogP contribution in [0.3, 0.4) is 0 Å². The number of rotatable bonds is 13. The van der Waals surface area contributed by atoms with Crippen molar-refractivity contribution in [3.63, 3.8) is 0 Å². The molecule has 0 saturated carbocycles. The number of carbonyl (C=O) groups is 1. The van der Waals surface area contributed by atoms with Gasteiger partial charge in [-0.1, -0.05) is 0 Å². The molecule has 0 fully saturated rings. The quantitative estimate of drug-likeness (QED) is 0.199. The van der Waals surface area contributed by atoms with Crippen molar-refractivity contribution in [3.8, 4) is 0 Å². The monoisotopic (exact) mass is 418 g/mol. The summed E-state index contributed by atoms with van der Waals surface area (Å²) in [6, 6.07) is 0. The molecule has 0 spiro atoms. The van der Waals surface area contributed by atoms with Gasteiger partial charge < -0.3 is 0 Å². The van der Waals surface area contributed by atoms with Gasteiger partial charge in [0.2, 0.25) is 0 Å². The fourth-order valence-electron chi connectivity index (χ4n) is 3.25. The number of ether oxygens (including phenoxy) is 1. The number of hydrogen-bond donors (Lipinski definition) is 0. The van der Waals surface area contributed by atoms with E-state index in [0.717, 1.165) is 0 Å². The van der Waals surface area contributed by atoms with E-state index in [9.17, 15) is 4.79 Å². The topological polar surface area (TPSA) is 26.3 Å². The number of carbonyl (C=O) groups excluding carboxylic acids is 1. The van der Waals surface area contributed by atoms with Crippen molar-refractivity contribution < 1.29 is 9.53 Å². The number of esters is 1. The van der Waals surface area contributed by atoms with Crippen molar-refractivity contribution in [2.24, 2.45) is 0 Å². The normalized spacial score (nSPS) is 13.0. The zero-order valence-electron chi connectivity index (χ0n) is 15.7. The summed E-state index contributed by atoms with van der Waals surface area (Å²) < 4.78 is 11.0. The van der Waals surface area contributed by atoms with Gasteiger partial charge in [0.05, 0.1) is 0 Å². The van der Waals surface area contributed by atoms with Crippen molar-refractivity contribution in [2.45, 2.75) is 97.0 Å². The second-order valence-electron chi connectivity index (χ2n) is 6.90. The van der Waals surface area contributed by atoms with E-state index in [-0.39, 0.29) is 12.1 Å². The molecule has 0 amide bonds. The summed E-state index contributed by atoms with van der Waals surface area (Å²) in [4.78, 5) is 11.2. The van der Waals surface area contributed by atoms with E-state index in [4.69, 9.17) is 4.74 Å². The molecule has 0 heterocycles. The zero-order valence-corrected chi connectivity index (χ0v) is 18.5. The number of unbranched alkanes of at least 4 members (excludes halogenated alkanes) is 3. The maximum atomic E-state index is 11.2. The summed E-state index contributed by atoms with van der Waals surface area (Å²) in [5, 5.41) is 0. The van der Waals surface area contributed by atoms with Crippen LogP contribution in [0.1, 0.15) is 73.1 Å². The van der Waals surface area contributed by atoms with Gasteiger partial charge in [-0.05, 0) is 0 Å². The standard InChI is InChI=1S/C7H11O2.3C4H9.Sn/c1-5(2)6(3)9-7(4)8;3*1-3-4-2;/h6H,1-2H2,3-4H3;3*1,3-4H2,2H3;/t6-;;;;/m0..../s1. The third-order valence-electron chi connectivity index (χ3n) is 4.70. The zero-order chi connectivity index (χ0) is 17.0. The van der Waals surface area contributed by atoms with Crippen LogP contribution in [0.25, 0.3) is 0 Å². The second kappa shape index (κ2) is 12.4. The van der Waals surface area contributed by atoms with E-state index >= 15 is 0 Å². The third kappa shape index (κ3) is 9.22. The summed E-state index contributed by atoms with van der Waals surface area (Å²) in [5.41, 5.74) is 1.18. The summed E-state index contributed by atoms with van der Waals surface area (Å²) >= 11 is -2.19. The Hall–Kier alpha value is 0.00870. The van der Waals surface area contributed by atoms with Gasteiger partial charge in [0.1, 0.15) is 0 Å². The first kappa shape index (κ1) is 22.0. The average molecular weight is 417 g/mol. The molecular formula is C19H38O2Sn. The first-order valence-corrected chi connectivity index (χ1v) is 17.3. The molecule has 0 aromatic rings. The molecule has 0 radical (unpaired) electrons. The Bertz CT molecular complexity index is 304. The molecule has 3 heteroatoms. The predicted octanol–water partition coefficient (Wildman–Crippen LogP) is 6.34. The Morgan fingerprint density at radius 2 is 1.41 bits per heavy atom. The predicted molar refractivity (Wildman–Crippen MR) is 100 cm³/mol. The van der Waals surface area contributed by atoms with Gasteiger partial charge in [-0.3, -0.25) is 0 Å². The first-order valence-electron chi connectivity index (χ1n) is 9.25. The van der Waals surface area contributed by atoms with Gasteiger partial charge in [-0.25, -0.2) is 0 Å².